The first-order valence-electron chi connectivity index (χ1n) is 7.70. The molecule has 1 aromatic carbocycles. The number of halogens is 1. The van der Waals surface area contributed by atoms with Gasteiger partial charge in [-0.1, -0.05) is 29.8 Å². The predicted molar refractivity (Wildman–Crippen MR) is 96.2 cm³/mol. The molecule has 3 rings (SSSR count). The van der Waals surface area contributed by atoms with Crippen LogP contribution < -0.4 is 10.6 Å². The van der Waals surface area contributed by atoms with Crippen molar-refractivity contribution >= 4 is 23.5 Å². The van der Waals surface area contributed by atoms with Crippen LogP contribution >= 0.6 is 11.6 Å². The number of hydrogen-bond acceptors (Lipinski definition) is 5. The molecule has 0 saturated heterocycles. The number of anilines is 1. The molecule has 0 saturated carbocycles. The van der Waals surface area contributed by atoms with E-state index in [2.05, 4.69) is 25.6 Å². The standard InChI is InChI=1S/C18H16ClN5O/c19-14-6-4-13(5-7-14)11-23-18-21-10-8-16(24-18)17(25)22-12-15-3-1-2-9-20-15/h1-10H,11-12H2,(H,22,25)(H,21,23,24). The molecule has 2 heterocycles. The van der Waals surface area contributed by atoms with E-state index in [1.807, 2.05) is 42.5 Å². The summed E-state index contributed by atoms with van der Waals surface area (Å²) in [5.41, 5.74) is 2.12. The van der Waals surface area contributed by atoms with Crippen molar-refractivity contribution in [1.29, 1.82) is 0 Å². The second-order valence-electron chi connectivity index (χ2n) is 5.25. The summed E-state index contributed by atoms with van der Waals surface area (Å²) in [5, 5.41) is 6.57. The van der Waals surface area contributed by atoms with Gasteiger partial charge in [0.2, 0.25) is 5.95 Å². The molecular weight excluding hydrogens is 338 g/mol. The van der Waals surface area contributed by atoms with E-state index in [4.69, 9.17) is 11.6 Å². The van der Waals surface area contributed by atoms with Crippen LogP contribution in [0.4, 0.5) is 5.95 Å². The number of nitrogens with one attached hydrogen (secondary N) is 2. The maximum Gasteiger partial charge on any atom is 0.270 e. The number of benzene rings is 1. The van der Waals surface area contributed by atoms with Crippen molar-refractivity contribution in [1.82, 2.24) is 20.3 Å². The molecule has 0 radical (unpaired) electrons. The van der Waals surface area contributed by atoms with Gasteiger partial charge in [-0.15, -0.1) is 0 Å². The van der Waals surface area contributed by atoms with Crippen LogP contribution in [0.5, 0.6) is 0 Å². The Balaban J connectivity index is 1.58. The molecule has 0 spiro atoms. The highest BCUT2D eigenvalue weighted by Crippen LogP contribution is 2.10. The average Bonchev–Trinajstić information content (AvgIpc) is 2.67. The van der Waals surface area contributed by atoms with Gasteiger partial charge in [0.15, 0.2) is 0 Å². The number of carbonyl (C=O) groups is 1. The number of aromatic nitrogens is 3. The topological polar surface area (TPSA) is 79.8 Å². The molecule has 7 heteroatoms. The smallest absolute Gasteiger partial charge is 0.270 e. The molecule has 0 unspecified atom stereocenters. The van der Waals surface area contributed by atoms with Gasteiger partial charge in [0.25, 0.3) is 5.91 Å². The minimum Gasteiger partial charge on any atom is -0.350 e. The Hall–Kier alpha value is -2.99. The number of rotatable bonds is 6. The summed E-state index contributed by atoms with van der Waals surface area (Å²) < 4.78 is 0. The Bertz CT molecular complexity index is 840. The third-order valence-corrected chi connectivity index (χ3v) is 3.66. The molecule has 6 nitrogen and oxygen atoms in total. The highest BCUT2D eigenvalue weighted by molar-refractivity contribution is 6.30. The SMILES string of the molecule is O=C(NCc1ccccn1)c1ccnc(NCc2ccc(Cl)cc2)n1. The maximum absolute atomic E-state index is 12.2. The predicted octanol–water partition coefficient (Wildman–Crippen LogP) is 3.07. The van der Waals surface area contributed by atoms with E-state index in [0.717, 1.165) is 11.3 Å². The summed E-state index contributed by atoms with van der Waals surface area (Å²) in [6.07, 6.45) is 3.23. The van der Waals surface area contributed by atoms with Crippen molar-refractivity contribution in [2.45, 2.75) is 13.1 Å². The van der Waals surface area contributed by atoms with Gasteiger partial charge in [-0.05, 0) is 35.9 Å². The van der Waals surface area contributed by atoms with Gasteiger partial charge in [-0.2, -0.15) is 0 Å². The van der Waals surface area contributed by atoms with Gasteiger partial charge in [-0.25, -0.2) is 9.97 Å². The maximum atomic E-state index is 12.2. The van der Waals surface area contributed by atoms with Crippen LogP contribution in [0.3, 0.4) is 0 Å². The molecule has 126 valence electrons. The quantitative estimate of drug-likeness (QED) is 0.712. The minimum absolute atomic E-state index is 0.275. The van der Waals surface area contributed by atoms with Crippen LogP contribution in [0.1, 0.15) is 21.7 Å². The number of amides is 1. The third kappa shape index (κ3) is 4.99. The van der Waals surface area contributed by atoms with E-state index < -0.39 is 0 Å². The zero-order valence-corrected chi connectivity index (χ0v) is 14.1. The first kappa shape index (κ1) is 16.9. The zero-order chi connectivity index (χ0) is 17.5. The molecule has 1 amide bonds. The number of carbonyl (C=O) groups excluding carboxylic acids is 1. The van der Waals surface area contributed by atoms with E-state index in [9.17, 15) is 4.79 Å². The second-order valence-corrected chi connectivity index (χ2v) is 5.69. The zero-order valence-electron chi connectivity index (χ0n) is 13.3. The molecule has 0 atom stereocenters. The third-order valence-electron chi connectivity index (χ3n) is 3.41. The highest BCUT2D eigenvalue weighted by Gasteiger charge is 2.09. The lowest BCUT2D eigenvalue weighted by atomic mass is 10.2. The molecule has 2 N–H and O–H groups in total. The summed E-state index contributed by atoms with van der Waals surface area (Å²) in [7, 11) is 0. The number of pyridine rings is 1. The first-order valence-corrected chi connectivity index (χ1v) is 8.08. The average molecular weight is 354 g/mol. The van der Waals surface area contributed by atoms with Crippen LogP contribution in [0.15, 0.2) is 60.9 Å². The van der Waals surface area contributed by atoms with Gasteiger partial charge >= 0.3 is 0 Å². The van der Waals surface area contributed by atoms with Crippen molar-refractivity contribution < 1.29 is 4.79 Å². The Morgan fingerprint density at radius 2 is 1.80 bits per heavy atom. The van der Waals surface area contributed by atoms with Gasteiger partial charge < -0.3 is 10.6 Å². The van der Waals surface area contributed by atoms with Crippen LogP contribution in [0.2, 0.25) is 5.02 Å². The Labute approximate surface area is 150 Å². The number of hydrogen-bond donors (Lipinski definition) is 2. The molecule has 0 aliphatic heterocycles. The Kier molecular flexibility index (Phi) is 5.53. The summed E-state index contributed by atoms with van der Waals surface area (Å²) in [4.78, 5) is 24.7. The molecule has 0 aliphatic rings. The molecule has 2 aromatic heterocycles. The van der Waals surface area contributed by atoms with Gasteiger partial charge in [0, 0.05) is 24.0 Å². The molecule has 0 aliphatic carbocycles. The van der Waals surface area contributed by atoms with Crippen LogP contribution in [-0.4, -0.2) is 20.9 Å². The normalized spacial score (nSPS) is 10.3. The van der Waals surface area contributed by atoms with E-state index in [0.29, 0.717) is 29.8 Å². The van der Waals surface area contributed by atoms with Crippen molar-refractivity contribution in [3.8, 4) is 0 Å². The van der Waals surface area contributed by atoms with E-state index in [-0.39, 0.29) is 5.91 Å². The highest BCUT2D eigenvalue weighted by atomic mass is 35.5. The molecular formula is C18H16ClN5O. The molecule has 3 aromatic rings. The number of nitrogens with zero attached hydrogens (tertiary/aromatic N) is 3. The largest absolute Gasteiger partial charge is 0.350 e. The summed E-state index contributed by atoms with van der Waals surface area (Å²) in [6, 6.07) is 14.6. The second kappa shape index (κ2) is 8.21. The van der Waals surface area contributed by atoms with E-state index >= 15 is 0 Å². The van der Waals surface area contributed by atoms with E-state index in [1.165, 1.54) is 0 Å². The molecule has 0 fully saturated rings. The summed E-state index contributed by atoms with van der Waals surface area (Å²) >= 11 is 5.86. The minimum atomic E-state index is -0.275. The van der Waals surface area contributed by atoms with Crippen molar-refractivity contribution in [3.05, 3.63) is 82.9 Å². The Morgan fingerprint density at radius 1 is 0.960 bits per heavy atom. The Morgan fingerprint density at radius 3 is 2.56 bits per heavy atom. The van der Waals surface area contributed by atoms with Crippen molar-refractivity contribution in [3.63, 3.8) is 0 Å². The fourth-order valence-electron chi connectivity index (χ4n) is 2.12. The van der Waals surface area contributed by atoms with Crippen LogP contribution in [0.25, 0.3) is 0 Å². The van der Waals surface area contributed by atoms with Crippen molar-refractivity contribution in [2.75, 3.05) is 5.32 Å². The first-order chi connectivity index (χ1) is 12.2. The summed E-state index contributed by atoms with van der Waals surface area (Å²) in [6.45, 7) is 0.882. The van der Waals surface area contributed by atoms with Crippen molar-refractivity contribution in [2.24, 2.45) is 0 Å². The van der Waals surface area contributed by atoms with Gasteiger partial charge in [0.1, 0.15) is 5.69 Å². The summed E-state index contributed by atoms with van der Waals surface area (Å²) in [5.74, 6) is 0.114. The fraction of sp³-hybridized carbons (Fsp3) is 0.111. The fourth-order valence-corrected chi connectivity index (χ4v) is 2.24. The van der Waals surface area contributed by atoms with Gasteiger partial charge in [-0.3, -0.25) is 9.78 Å². The lowest BCUT2D eigenvalue weighted by Crippen LogP contribution is -2.24. The van der Waals surface area contributed by atoms with Crippen LogP contribution in [0, 0.1) is 0 Å². The van der Waals surface area contributed by atoms with E-state index in [1.54, 1.807) is 18.5 Å². The monoisotopic (exact) mass is 353 g/mol. The lowest BCUT2D eigenvalue weighted by Gasteiger charge is -2.07. The van der Waals surface area contributed by atoms with Gasteiger partial charge in [0.05, 0.1) is 12.2 Å². The lowest BCUT2D eigenvalue weighted by molar-refractivity contribution is 0.0945. The van der Waals surface area contributed by atoms with Crippen LogP contribution in [-0.2, 0) is 13.1 Å². The molecule has 25 heavy (non-hydrogen) atoms. The molecule has 0 bridgehead atoms.